The fourth-order valence-electron chi connectivity index (χ4n) is 4.05. The van der Waals surface area contributed by atoms with E-state index in [1.165, 1.54) is 29.5 Å². The standard InChI is InChI=1S/C21H21NO2/c1-13-5-3-7-17-16-6-4-8-18(16)20(22-19(13)17)14-9-11-15(12-10-14)21(23)24-2/h3-7,9-12,16,18,20,22H,8H2,1-2H3/t16-,18+,20-/m0/s1. The highest BCUT2D eigenvalue weighted by Gasteiger charge is 2.38. The second-order valence-electron chi connectivity index (χ2n) is 6.63. The predicted octanol–water partition coefficient (Wildman–Crippen LogP) is 4.61. The molecule has 0 amide bonds. The van der Waals surface area contributed by atoms with Crippen LogP contribution in [0.25, 0.3) is 0 Å². The van der Waals surface area contributed by atoms with Crippen molar-refractivity contribution in [3.63, 3.8) is 0 Å². The molecule has 0 fully saturated rings. The Morgan fingerprint density at radius 1 is 1.17 bits per heavy atom. The van der Waals surface area contributed by atoms with E-state index in [0.29, 0.717) is 17.4 Å². The number of rotatable bonds is 2. The summed E-state index contributed by atoms with van der Waals surface area (Å²) < 4.78 is 4.79. The number of ether oxygens (including phenoxy) is 1. The van der Waals surface area contributed by atoms with Crippen LogP contribution in [0.3, 0.4) is 0 Å². The molecule has 1 heterocycles. The highest BCUT2D eigenvalue weighted by molar-refractivity contribution is 5.89. The molecule has 0 spiro atoms. The molecule has 1 aliphatic heterocycles. The summed E-state index contributed by atoms with van der Waals surface area (Å²) in [7, 11) is 1.41. The van der Waals surface area contributed by atoms with Gasteiger partial charge in [0.05, 0.1) is 18.7 Å². The van der Waals surface area contributed by atoms with E-state index in [1.807, 2.05) is 24.3 Å². The van der Waals surface area contributed by atoms with E-state index < -0.39 is 0 Å². The maximum Gasteiger partial charge on any atom is 0.337 e. The molecule has 4 rings (SSSR count). The largest absolute Gasteiger partial charge is 0.465 e. The molecule has 0 radical (unpaired) electrons. The second-order valence-corrected chi connectivity index (χ2v) is 6.63. The van der Waals surface area contributed by atoms with Crippen LogP contribution in [-0.4, -0.2) is 13.1 Å². The number of esters is 1. The average Bonchev–Trinajstić information content (AvgIpc) is 3.11. The maximum absolute atomic E-state index is 11.6. The van der Waals surface area contributed by atoms with Gasteiger partial charge in [-0.3, -0.25) is 0 Å². The number of hydrogen-bond acceptors (Lipinski definition) is 3. The third-order valence-corrected chi connectivity index (χ3v) is 5.30. The number of methoxy groups -OCH3 is 1. The first kappa shape index (κ1) is 15.0. The summed E-state index contributed by atoms with van der Waals surface area (Å²) in [6, 6.07) is 14.6. The van der Waals surface area contributed by atoms with Crippen LogP contribution in [0.15, 0.2) is 54.6 Å². The molecule has 3 nitrogen and oxygen atoms in total. The molecule has 122 valence electrons. The summed E-state index contributed by atoms with van der Waals surface area (Å²) in [5, 5.41) is 3.76. The van der Waals surface area contributed by atoms with Crippen LogP contribution in [0.2, 0.25) is 0 Å². The number of hydrogen-bond donors (Lipinski definition) is 1. The topological polar surface area (TPSA) is 38.3 Å². The van der Waals surface area contributed by atoms with Gasteiger partial charge in [0.1, 0.15) is 0 Å². The average molecular weight is 319 g/mol. The Morgan fingerprint density at radius 2 is 1.96 bits per heavy atom. The van der Waals surface area contributed by atoms with Gasteiger partial charge >= 0.3 is 5.97 Å². The zero-order valence-electron chi connectivity index (χ0n) is 14.0. The van der Waals surface area contributed by atoms with Crippen molar-refractivity contribution in [2.75, 3.05) is 12.4 Å². The number of para-hydroxylation sites is 1. The summed E-state index contributed by atoms with van der Waals surface area (Å²) in [6.07, 6.45) is 5.72. The number of fused-ring (bicyclic) bond motifs is 3. The van der Waals surface area contributed by atoms with Crippen LogP contribution in [0.5, 0.6) is 0 Å². The lowest BCUT2D eigenvalue weighted by Gasteiger charge is -2.38. The summed E-state index contributed by atoms with van der Waals surface area (Å²) in [5.41, 5.74) is 5.75. The maximum atomic E-state index is 11.6. The van der Waals surface area contributed by atoms with Crippen LogP contribution < -0.4 is 5.32 Å². The van der Waals surface area contributed by atoms with Crippen LogP contribution in [0.1, 0.15) is 45.4 Å². The normalized spacial score (nSPS) is 24.0. The molecule has 0 saturated heterocycles. The van der Waals surface area contributed by atoms with Gasteiger partial charge in [-0.1, -0.05) is 42.5 Å². The Morgan fingerprint density at radius 3 is 2.71 bits per heavy atom. The first-order chi connectivity index (χ1) is 11.7. The third-order valence-electron chi connectivity index (χ3n) is 5.30. The van der Waals surface area contributed by atoms with Crippen molar-refractivity contribution in [2.45, 2.75) is 25.3 Å². The molecule has 0 aromatic heterocycles. The van der Waals surface area contributed by atoms with Gasteiger partial charge in [-0.15, -0.1) is 0 Å². The molecule has 3 heteroatoms. The van der Waals surface area contributed by atoms with E-state index in [1.54, 1.807) is 0 Å². The molecule has 3 atom stereocenters. The van der Waals surface area contributed by atoms with E-state index >= 15 is 0 Å². The minimum absolute atomic E-state index is 0.255. The van der Waals surface area contributed by atoms with Gasteiger partial charge in [-0.05, 0) is 48.1 Å². The van der Waals surface area contributed by atoms with Crippen LogP contribution in [0.4, 0.5) is 5.69 Å². The molecule has 2 aliphatic rings. The molecule has 1 aliphatic carbocycles. The first-order valence-electron chi connectivity index (χ1n) is 8.40. The van der Waals surface area contributed by atoms with Crippen molar-refractivity contribution in [3.05, 3.63) is 76.9 Å². The molecule has 1 N–H and O–H groups in total. The molecule has 0 saturated carbocycles. The van der Waals surface area contributed by atoms with Crippen molar-refractivity contribution < 1.29 is 9.53 Å². The zero-order valence-corrected chi connectivity index (χ0v) is 14.0. The number of allylic oxidation sites excluding steroid dienone is 2. The molecule has 0 unspecified atom stereocenters. The molecule has 2 aromatic carbocycles. The van der Waals surface area contributed by atoms with Gasteiger partial charge in [0.15, 0.2) is 0 Å². The number of nitrogens with one attached hydrogen (secondary N) is 1. The molecule has 2 aromatic rings. The number of carbonyl (C=O) groups is 1. The van der Waals surface area contributed by atoms with Crippen molar-refractivity contribution >= 4 is 11.7 Å². The van der Waals surface area contributed by atoms with Crippen LogP contribution in [0, 0.1) is 12.8 Å². The fraction of sp³-hybridized carbons (Fsp3) is 0.286. The Balaban J connectivity index is 1.71. The Kier molecular flexibility index (Phi) is 3.64. The number of benzene rings is 2. The highest BCUT2D eigenvalue weighted by Crippen LogP contribution is 2.50. The lowest BCUT2D eigenvalue weighted by molar-refractivity contribution is 0.0600. The number of aryl methyl sites for hydroxylation is 1. The quantitative estimate of drug-likeness (QED) is 0.649. The summed E-state index contributed by atoms with van der Waals surface area (Å²) in [5.74, 6) is 0.689. The van der Waals surface area contributed by atoms with Gasteiger partial charge < -0.3 is 10.1 Å². The van der Waals surface area contributed by atoms with Crippen molar-refractivity contribution in [1.29, 1.82) is 0 Å². The van der Waals surface area contributed by atoms with E-state index in [-0.39, 0.29) is 12.0 Å². The lowest BCUT2D eigenvalue weighted by Crippen LogP contribution is -2.29. The van der Waals surface area contributed by atoms with Gasteiger partial charge in [-0.25, -0.2) is 4.79 Å². The van der Waals surface area contributed by atoms with Gasteiger partial charge in [0.2, 0.25) is 0 Å². The molecule has 24 heavy (non-hydrogen) atoms. The fourth-order valence-corrected chi connectivity index (χ4v) is 4.05. The highest BCUT2D eigenvalue weighted by atomic mass is 16.5. The van der Waals surface area contributed by atoms with E-state index in [4.69, 9.17) is 4.74 Å². The minimum atomic E-state index is -0.292. The Bertz CT molecular complexity index is 807. The van der Waals surface area contributed by atoms with E-state index in [0.717, 1.165) is 6.42 Å². The lowest BCUT2D eigenvalue weighted by atomic mass is 9.76. The predicted molar refractivity (Wildman–Crippen MR) is 95.3 cm³/mol. The smallest absolute Gasteiger partial charge is 0.337 e. The van der Waals surface area contributed by atoms with Gasteiger partial charge in [-0.2, -0.15) is 0 Å². The third kappa shape index (κ3) is 2.32. The summed E-state index contributed by atoms with van der Waals surface area (Å²) in [6.45, 7) is 2.15. The Hall–Kier alpha value is -2.55. The van der Waals surface area contributed by atoms with E-state index in [2.05, 4.69) is 42.6 Å². The monoisotopic (exact) mass is 319 g/mol. The molecular formula is C21H21NO2. The zero-order chi connectivity index (χ0) is 16.7. The summed E-state index contributed by atoms with van der Waals surface area (Å²) in [4.78, 5) is 11.6. The number of carbonyl (C=O) groups excluding carboxylic acids is 1. The van der Waals surface area contributed by atoms with Crippen LogP contribution in [-0.2, 0) is 4.74 Å². The Labute approximate surface area is 142 Å². The molecular weight excluding hydrogens is 298 g/mol. The first-order valence-corrected chi connectivity index (χ1v) is 8.40. The van der Waals surface area contributed by atoms with Crippen molar-refractivity contribution in [2.24, 2.45) is 5.92 Å². The van der Waals surface area contributed by atoms with E-state index in [9.17, 15) is 4.79 Å². The molecule has 0 bridgehead atoms. The minimum Gasteiger partial charge on any atom is -0.465 e. The van der Waals surface area contributed by atoms with Crippen molar-refractivity contribution in [1.82, 2.24) is 0 Å². The SMILES string of the molecule is COC(=O)c1ccc([C@@H]2Nc3c(C)cccc3[C@@H]3C=CC[C@H]32)cc1. The van der Waals surface area contributed by atoms with Crippen LogP contribution >= 0.6 is 0 Å². The van der Waals surface area contributed by atoms with Gasteiger partial charge in [0.25, 0.3) is 0 Å². The second kappa shape index (κ2) is 5.82. The number of anilines is 1. The van der Waals surface area contributed by atoms with Gasteiger partial charge in [0, 0.05) is 11.6 Å². The van der Waals surface area contributed by atoms with Crippen molar-refractivity contribution in [3.8, 4) is 0 Å². The summed E-state index contributed by atoms with van der Waals surface area (Å²) >= 11 is 0.